The van der Waals surface area contributed by atoms with Gasteiger partial charge < -0.3 is 15.0 Å². The number of nitrogens with zero attached hydrogens (tertiary/aromatic N) is 1. The van der Waals surface area contributed by atoms with E-state index < -0.39 is 23.6 Å². The van der Waals surface area contributed by atoms with Crippen molar-refractivity contribution in [3.8, 4) is 0 Å². The number of halogens is 2. The van der Waals surface area contributed by atoms with Crippen molar-refractivity contribution in [3.63, 3.8) is 0 Å². The molecule has 0 saturated carbocycles. The Bertz CT molecular complexity index is 593. The Labute approximate surface area is 133 Å². The smallest absolute Gasteiger partial charge is 0.251 e. The highest BCUT2D eigenvalue weighted by Crippen LogP contribution is 2.20. The summed E-state index contributed by atoms with van der Waals surface area (Å²) < 4.78 is 32.1. The van der Waals surface area contributed by atoms with Crippen molar-refractivity contribution < 1.29 is 23.1 Å². The molecule has 1 fully saturated rings. The van der Waals surface area contributed by atoms with Gasteiger partial charge in [0.1, 0.15) is 17.7 Å². The summed E-state index contributed by atoms with van der Waals surface area (Å²) in [6.45, 7) is 0.243. The molecule has 2 rings (SSSR count). The Morgan fingerprint density at radius 1 is 1.30 bits per heavy atom. The van der Waals surface area contributed by atoms with Gasteiger partial charge >= 0.3 is 0 Å². The summed E-state index contributed by atoms with van der Waals surface area (Å²) in [5, 5.41) is 2.63. The van der Waals surface area contributed by atoms with E-state index in [2.05, 4.69) is 5.32 Å². The van der Waals surface area contributed by atoms with E-state index in [1.54, 1.807) is 14.1 Å². The fourth-order valence-electron chi connectivity index (χ4n) is 2.47. The van der Waals surface area contributed by atoms with Crippen LogP contribution in [0.2, 0.25) is 0 Å². The first-order chi connectivity index (χ1) is 10.9. The lowest BCUT2D eigenvalue weighted by Gasteiger charge is -2.17. The quantitative estimate of drug-likeness (QED) is 0.886. The van der Waals surface area contributed by atoms with Gasteiger partial charge in [-0.05, 0) is 31.0 Å². The molecule has 1 N–H and O–H groups in total. The van der Waals surface area contributed by atoms with Crippen molar-refractivity contribution in [1.82, 2.24) is 10.2 Å². The molecular formula is C16H20F2N2O3. The van der Waals surface area contributed by atoms with Crippen LogP contribution in [0.1, 0.15) is 18.4 Å². The van der Waals surface area contributed by atoms with E-state index in [-0.39, 0.29) is 30.5 Å². The van der Waals surface area contributed by atoms with Gasteiger partial charge in [0.25, 0.3) is 5.91 Å². The van der Waals surface area contributed by atoms with Gasteiger partial charge in [-0.15, -0.1) is 0 Å². The van der Waals surface area contributed by atoms with Crippen molar-refractivity contribution in [1.29, 1.82) is 0 Å². The Kier molecular flexibility index (Phi) is 5.65. The molecule has 126 valence electrons. The molecule has 0 spiro atoms. The molecule has 2 amide bonds. The number of rotatable bonds is 5. The molecule has 5 nitrogen and oxygen atoms in total. The van der Waals surface area contributed by atoms with Crippen LogP contribution in [0.3, 0.4) is 0 Å². The highest BCUT2D eigenvalue weighted by Gasteiger charge is 2.31. The minimum absolute atomic E-state index is 0.00972. The van der Waals surface area contributed by atoms with E-state index in [0.29, 0.717) is 12.8 Å². The molecule has 23 heavy (non-hydrogen) atoms. The van der Waals surface area contributed by atoms with Crippen molar-refractivity contribution in [3.05, 3.63) is 35.4 Å². The van der Waals surface area contributed by atoms with Gasteiger partial charge in [-0.1, -0.05) is 0 Å². The zero-order chi connectivity index (χ0) is 17.0. The van der Waals surface area contributed by atoms with E-state index in [1.165, 1.54) is 4.90 Å². The second-order valence-electron chi connectivity index (χ2n) is 5.77. The average Bonchev–Trinajstić information content (AvgIpc) is 2.97. The summed E-state index contributed by atoms with van der Waals surface area (Å²) in [4.78, 5) is 25.1. The minimum atomic E-state index is -0.615. The first-order valence-electron chi connectivity index (χ1n) is 7.44. The molecule has 1 aliphatic rings. The standard InChI is InChI=1S/C16H20F2N2O3/c1-20(2)16(22)14-6-4-12(23-14)9-19-15(21)8-10-7-11(17)3-5-13(10)18/h3,5,7,12,14H,4,6,8-9H2,1-2H3,(H,19,21)/t12-,14-/m0/s1. The minimum Gasteiger partial charge on any atom is -0.363 e. The summed E-state index contributed by atoms with van der Waals surface area (Å²) in [6, 6.07) is 3.01. The SMILES string of the molecule is CN(C)C(=O)[C@@H]1CC[C@@H](CNC(=O)Cc2cc(F)ccc2F)O1. The number of likely N-dealkylation sites (N-methyl/N-ethyl adjacent to an activating group) is 1. The number of hydrogen-bond acceptors (Lipinski definition) is 3. The third-order valence-corrected chi connectivity index (χ3v) is 3.71. The monoisotopic (exact) mass is 326 g/mol. The molecule has 2 atom stereocenters. The predicted molar refractivity (Wildman–Crippen MR) is 79.7 cm³/mol. The number of ether oxygens (including phenoxy) is 1. The van der Waals surface area contributed by atoms with Gasteiger partial charge in [0.15, 0.2) is 0 Å². The normalized spacial score (nSPS) is 20.3. The van der Waals surface area contributed by atoms with E-state index >= 15 is 0 Å². The number of hydrogen-bond donors (Lipinski definition) is 1. The molecule has 1 aliphatic heterocycles. The van der Waals surface area contributed by atoms with Gasteiger partial charge in [-0.25, -0.2) is 8.78 Å². The first-order valence-corrected chi connectivity index (χ1v) is 7.44. The second-order valence-corrected chi connectivity index (χ2v) is 5.77. The molecule has 0 unspecified atom stereocenters. The van der Waals surface area contributed by atoms with E-state index in [0.717, 1.165) is 18.2 Å². The molecule has 0 aromatic heterocycles. The van der Waals surface area contributed by atoms with Gasteiger partial charge in [0.05, 0.1) is 12.5 Å². The zero-order valence-corrected chi connectivity index (χ0v) is 13.1. The summed E-state index contributed by atoms with van der Waals surface area (Å²) in [5.74, 6) is -1.71. The van der Waals surface area contributed by atoms with Gasteiger partial charge in [-0.3, -0.25) is 9.59 Å². The van der Waals surface area contributed by atoms with Crippen LogP contribution in [0.5, 0.6) is 0 Å². The van der Waals surface area contributed by atoms with Crippen molar-refractivity contribution in [2.45, 2.75) is 31.5 Å². The number of carbonyl (C=O) groups excluding carboxylic acids is 2. The van der Waals surface area contributed by atoms with Crippen LogP contribution in [-0.2, 0) is 20.7 Å². The maximum absolute atomic E-state index is 13.5. The molecule has 1 heterocycles. The first kappa shape index (κ1) is 17.3. The largest absolute Gasteiger partial charge is 0.363 e. The topological polar surface area (TPSA) is 58.6 Å². The van der Waals surface area contributed by atoms with Gasteiger partial charge in [0, 0.05) is 26.2 Å². The van der Waals surface area contributed by atoms with Crippen molar-refractivity contribution >= 4 is 11.8 Å². The molecule has 1 aromatic rings. The maximum atomic E-state index is 13.5. The molecule has 0 radical (unpaired) electrons. The number of amides is 2. The summed E-state index contributed by atoms with van der Waals surface area (Å²) >= 11 is 0. The highest BCUT2D eigenvalue weighted by atomic mass is 19.1. The molecular weight excluding hydrogens is 306 g/mol. The molecule has 0 aliphatic carbocycles. The summed E-state index contributed by atoms with van der Waals surface area (Å²) in [7, 11) is 3.32. The lowest BCUT2D eigenvalue weighted by Crippen LogP contribution is -2.36. The van der Waals surface area contributed by atoms with E-state index in [1.807, 2.05) is 0 Å². The van der Waals surface area contributed by atoms with Crippen LogP contribution >= 0.6 is 0 Å². The van der Waals surface area contributed by atoms with Gasteiger partial charge in [0.2, 0.25) is 5.91 Å². The molecule has 0 bridgehead atoms. The lowest BCUT2D eigenvalue weighted by molar-refractivity contribution is -0.140. The van der Waals surface area contributed by atoms with Crippen molar-refractivity contribution in [2.75, 3.05) is 20.6 Å². The fourth-order valence-corrected chi connectivity index (χ4v) is 2.47. The number of benzene rings is 1. The van der Waals surface area contributed by atoms with Crippen molar-refractivity contribution in [2.24, 2.45) is 0 Å². The highest BCUT2D eigenvalue weighted by molar-refractivity contribution is 5.80. The number of nitrogens with one attached hydrogen (secondary N) is 1. The maximum Gasteiger partial charge on any atom is 0.251 e. The predicted octanol–water partition coefficient (Wildman–Crippen LogP) is 1.26. The fraction of sp³-hybridized carbons (Fsp3) is 0.500. The lowest BCUT2D eigenvalue weighted by atomic mass is 10.1. The molecule has 7 heteroatoms. The molecule has 1 saturated heterocycles. The average molecular weight is 326 g/mol. The third-order valence-electron chi connectivity index (χ3n) is 3.71. The van der Waals surface area contributed by atoms with Crippen LogP contribution in [0.15, 0.2) is 18.2 Å². The Morgan fingerprint density at radius 3 is 2.74 bits per heavy atom. The number of carbonyl (C=O) groups is 2. The van der Waals surface area contributed by atoms with Crippen LogP contribution < -0.4 is 5.32 Å². The second kappa shape index (κ2) is 7.50. The Morgan fingerprint density at radius 2 is 2.04 bits per heavy atom. The summed E-state index contributed by atoms with van der Waals surface area (Å²) in [6.07, 6.45) is 0.309. The van der Waals surface area contributed by atoms with Crippen LogP contribution in [0, 0.1) is 11.6 Å². The van der Waals surface area contributed by atoms with Gasteiger partial charge in [-0.2, -0.15) is 0 Å². The van der Waals surface area contributed by atoms with Crippen LogP contribution in [0.4, 0.5) is 8.78 Å². The zero-order valence-electron chi connectivity index (χ0n) is 13.1. The van der Waals surface area contributed by atoms with Crippen LogP contribution in [-0.4, -0.2) is 49.6 Å². The third kappa shape index (κ3) is 4.72. The molecule has 1 aromatic carbocycles. The Balaban J connectivity index is 1.79. The Hall–Kier alpha value is -2.02. The van der Waals surface area contributed by atoms with E-state index in [9.17, 15) is 18.4 Å². The van der Waals surface area contributed by atoms with E-state index in [4.69, 9.17) is 4.74 Å². The van der Waals surface area contributed by atoms with Crippen LogP contribution in [0.25, 0.3) is 0 Å². The summed E-state index contributed by atoms with van der Waals surface area (Å²) in [5.41, 5.74) is 0.00972.